The Morgan fingerprint density at radius 3 is 3.06 bits per heavy atom. The molecule has 2 heterocycles. The molecule has 3 rings (SSSR count). The van der Waals surface area contributed by atoms with E-state index in [1.807, 2.05) is 13.8 Å². The Morgan fingerprint density at radius 2 is 2.25 bits per heavy atom. The van der Waals surface area contributed by atoms with Crippen molar-refractivity contribution in [3.05, 3.63) is 22.8 Å². The van der Waals surface area contributed by atoms with Crippen molar-refractivity contribution in [1.82, 2.24) is 5.32 Å². The lowest BCUT2D eigenvalue weighted by atomic mass is 9.94. The second-order valence-corrected chi connectivity index (χ2v) is 4.16. The fraction of sp³-hybridized carbons (Fsp3) is 0.417. The van der Waals surface area contributed by atoms with Gasteiger partial charge in [-0.1, -0.05) is 0 Å². The average molecular weight is 219 g/mol. The van der Waals surface area contributed by atoms with Gasteiger partial charge in [-0.3, -0.25) is 4.79 Å². The lowest BCUT2D eigenvalue weighted by Crippen LogP contribution is -2.32. The van der Waals surface area contributed by atoms with Gasteiger partial charge in [0.2, 0.25) is 6.29 Å². The molecule has 1 amide bonds. The van der Waals surface area contributed by atoms with Gasteiger partial charge in [0.15, 0.2) is 11.5 Å². The Bertz CT molecular complexity index is 482. The van der Waals surface area contributed by atoms with Crippen molar-refractivity contribution in [3.63, 3.8) is 0 Å². The van der Waals surface area contributed by atoms with E-state index in [0.717, 1.165) is 28.9 Å². The van der Waals surface area contributed by atoms with Crippen molar-refractivity contribution in [2.45, 2.75) is 26.6 Å². The molecule has 2 aliphatic heterocycles. The van der Waals surface area contributed by atoms with Crippen LogP contribution in [0.1, 0.15) is 28.4 Å². The van der Waals surface area contributed by atoms with Crippen molar-refractivity contribution in [2.24, 2.45) is 0 Å². The molecule has 0 aromatic heterocycles. The lowest BCUT2D eigenvalue weighted by Gasteiger charge is -2.19. The topological polar surface area (TPSA) is 47.6 Å². The molecule has 1 aromatic rings. The Hall–Kier alpha value is -1.71. The molecule has 1 atom stereocenters. The second-order valence-electron chi connectivity index (χ2n) is 4.16. The van der Waals surface area contributed by atoms with Gasteiger partial charge in [0, 0.05) is 19.0 Å². The third kappa shape index (κ3) is 1.19. The van der Waals surface area contributed by atoms with Gasteiger partial charge in [0.25, 0.3) is 5.91 Å². The highest BCUT2D eigenvalue weighted by molar-refractivity contribution is 5.98. The highest BCUT2D eigenvalue weighted by Crippen LogP contribution is 2.41. The predicted octanol–water partition coefficient (Wildman–Crippen LogP) is 1.40. The number of benzene rings is 1. The van der Waals surface area contributed by atoms with Gasteiger partial charge in [-0.2, -0.15) is 0 Å². The molecule has 0 radical (unpaired) electrons. The second kappa shape index (κ2) is 3.14. The maximum Gasteiger partial charge on any atom is 0.251 e. The molecule has 4 heteroatoms. The number of fused-ring (bicyclic) bond motifs is 2. The predicted molar refractivity (Wildman–Crippen MR) is 57.9 cm³/mol. The number of carbonyl (C=O) groups excluding carboxylic acids is 1. The molecule has 1 unspecified atom stereocenters. The maximum atomic E-state index is 11.7. The number of amides is 1. The van der Waals surface area contributed by atoms with Crippen LogP contribution in [0.2, 0.25) is 0 Å². The van der Waals surface area contributed by atoms with E-state index in [9.17, 15) is 4.79 Å². The average Bonchev–Trinajstić information content (AvgIpc) is 2.61. The van der Waals surface area contributed by atoms with E-state index in [0.29, 0.717) is 12.3 Å². The van der Waals surface area contributed by atoms with Gasteiger partial charge in [-0.05, 0) is 30.5 Å². The molecule has 84 valence electrons. The van der Waals surface area contributed by atoms with E-state index in [4.69, 9.17) is 9.47 Å². The number of hydrogen-bond donors (Lipinski definition) is 1. The maximum absolute atomic E-state index is 11.7. The van der Waals surface area contributed by atoms with Gasteiger partial charge >= 0.3 is 0 Å². The third-order valence-electron chi connectivity index (χ3n) is 3.10. The first-order valence-corrected chi connectivity index (χ1v) is 5.45. The number of hydrogen-bond acceptors (Lipinski definition) is 3. The first-order valence-electron chi connectivity index (χ1n) is 5.45. The van der Waals surface area contributed by atoms with Crippen LogP contribution in [0.3, 0.4) is 0 Å². The molecular weight excluding hydrogens is 206 g/mol. The van der Waals surface area contributed by atoms with Gasteiger partial charge in [-0.15, -0.1) is 0 Å². The van der Waals surface area contributed by atoms with Gasteiger partial charge in [0.05, 0.1) is 0 Å². The zero-order valence-corrected chi connectivity index (χ0v) is 9.29. The minimum Gasteiger partial charge on any atom is -0.451 e. The number of ether oxygens (including phenoxy) is 2. The smallest absolute Gasteiger partial charge is 0.251 e. The van der Waals surface area contributed by atoms with Crippen LogP contribution in [0, 0.1) is 6.92 Å². The third-order valence-corrected chi connectivity index (χ3v) is 3.10. The van der Waals surface area contributed by atoms with Crippen LogP contribution >= 0.6 is 0 Å². The van der Waals surface area contributed by atoms with Crippen molar-refractivity contribution in [1.29, 1.82) is 0 Å². The Kier molecular flexibility index (Phi) is 1.87. The monoisotopic (exact) mass is 219 g/mol. The first kappa shape index (κ1) is 9.51. The van der Waals surface area contributed by atoms with E-state index in [1.165, 1.54) is 0 Å². The number of nitrogens with one attached hydrogen (secondary N) is 1. The van der Waals surface area contributed by atoms with Crippen molar-refractivity contribution in [3.8, 4) is 11.5 Å². The molecule has 1 aromatic carbocycles. The van der Waals surface area contributed by atoms with E-state index in [-0.39, 0.29) is 12.2 Å². The van der Waals surface area contributed by atoms with Gasteiger partial charge < -0.3 is 14.8 Å². The molecule has 0 saturated carbocycles. The molecule has 0 saturated heterocycles. The molecule has 16 heavy (non-hydrogen) atoms. The van der Waals surface area contributed by atoms with Crippen molar-refractivity contribution < 1.29 is 14.3 Å². The van der Waals surface area contributed by atoms with Crippen LogP contribution in [0.4, 0.5) is 0 Å². The molecular formula is C12H13NO3. The summed E-state index contributed by atoms with van der Waals surface area (Å²) in [6.45, 7) is 4.53. The van der Waals surface area contributed by atoms with Crippen LogP contribution in [-0.4, -0.2) is 18.7 Å². The summed E-state index contributed by atoms with van der Waals surface area (Å²) in [6, 6.07) is 1.79. The highest BCUT2D eigenvalue weighted by atomic mass is 16.7. The van der Waals surface area contributed by atoms with Crippen molar-refractivity contribution >= 4 is 5.91 Å². The molecule has 4 nitrogen and oxygen atoms in total. The minimum atomic E-state index is -0.263. The highest BCUT2D eigenvalue weighted by Gasteiger charge is 2.29. The summed E-state index contributed by atoms with van der Waals surface area (Å²) in [5, 5.41) is 2.83. The summed E-state index contributed by atoms with van der Waals surface area (Å²) in [5.74, 6) is 1.46. The molecule has 0 fully saturated rings. The van der Waals surface area contributed by atoms with Gasteiger partial charge in [-0.25, -0.2) is 0 Å². The number of carbonyl (C=O) groups is 1. The van der Waals surface area contributed by atoms with Crippen LogP contribution in [0.15, 0.2) is 6.07 Å². The first-order chi connectivity index (χ1) is 7.66. The minimum absolute atomic E-state index is 0.0182. The van der Waals surface area contributed by atoms with E-state index in [1.54, 1.807) is 6.07 Å². The van der Waals surface area contributed by atoms with Crippen LogP contribution in [0.5, 0.6) is 11.5 Å². The Labute approximate surface area is 93.5 Å². The molecule has 1 N–H and O–H groups in total. The summed E-state index contributed by atoms with van der Waals surface area (Å²) in [5.41, 5.74) is 2.84. The summed E-state index contributed by atoms with van der Waals surface area (Å²) >= 11 is 0. The summed E-state index contributed by atoms with van der Waals surface area (Å²) < 4.78 is 11.1. The zero-order chi connectivity index (χ0) is 11.3. The standard InChI is InChI=1S/C12H13NO3/c1-6-8-3-4-13-12(14)9(8)5-10-11(6)16-7(2)15-10/h5,7H,3-4H2,1-2H3,(H,13,14). The van der Waals surface area contributed by atoms with Crippen LogP contribution in [0.25, 0.3) is 0 Å². The SMILES string of the molecule is Cc1c2c(cc3c1OC(C)O3)C(=O)NCC2. The fourth-order valence-corrected chi connectivity index (χ4v) is 2.33. The normalized spacial score (nSPS) is 21.6. The van der Waals surface area contributed by atoms with Crippen molar-refractivity contribution in [2.75, 3.05) is 6.54 Å². The lowest BCUT2D eigenvalue weighted by molar-refractivity contribution is 0.0674. The summed E-state index contributed by atoms with van der Waals surface area (Å²) in [4.78, 5) is 11.7. The molecule has 0 bridgehead atoms. The van der Waals surface area contributed by atoms with E-state index >= 15 is 0 Å². The molecule has 2 aliphatic rings. The largest absolute Gasteiger partial charge is 0.451 e. The molecule has 0 spiro atoms. The van der Waals surface area contributed by atoms with Crippen LogP contribution < -0.4 is 14.8 Å². The fourth-order valence-electron chi connectivity index (χ4n) is 2.33. The summed E-state index contributed by atoms with van der Waals surface area (Å²) in [6.07, 6.45) is 0.596. The van der Waals surface area contributed by atoms with E-state index < -0.39 is 0 Å². The summed E-state index contributed by atoms with van der Waals surface area (Å²) in [7, 11) is 0. The van der Waals surface area contributed by atoms with E-state index in [2.05, 4.69) is 5.32 Å². The Balaban J connectivity index is 2.21. The van der Waals surface area contributed by atoms with Crippen LogP contribution in [-0.2, 0) is 6.42 Å². The zero-order valence-electron chi connectivity index (χ0n) is 9.29. The quantitative estimate of drug-likeness (QED) is 0.717. The number of rotatable bonds is 0. The van der Waals surface area contributed by atoms with Gasteiger partial charge in [0.1, 0.15) is 0 Å². The molecule has 0 aliphatic carbocycles. The Morgan fingerprint density at radius 1 is 1.44 bits per heavy atom.